The van der Waals surface area contributed by atoms with Gasteiger partial charge >= 0.3 is 0 Å². The van der Waals surface area contributed by atoms with Gasteiger partial charge in [-0.1, -0.05) is 26.2 Å². The molecule has 0 spiro atoms. The van der Waals surface area contributed by atoms with Gasteiger partial charge in [-0.15, -0.1) is 24.0 Å². The van der Waals surface area contributed by atoms with Crippen LogP contribution in [0.15, 0.2) is 4.99 Å². The van der Waals surface area contributed by atoms with Crippen molar-refractivity contribution in [2.75, 3.05) is 33.4 Å². The molecule has 0 aliphatic carbocycles. The lowest BCUT2D eigenvalue weighted by molar-refractivity contribution is -0.119. The Hall–Kier alpha value is -0.570. The second-order valence-electron chi connectivity index (χ2n) is 5.08. The summed E-state index contributed by atoms with van der Waals surface area (Å²) >= 11 is 0. The van der Waals surface area contributed by atoms with Crippen LogP contribution < -0.4 is 16.0 Å². The highest BCUT2D eigenvalue weighted by Gasteiger charge is 2.06. The van der Waals surface area contributed by atoms with E-state index in [0.717, 1.165) is 13.0 Å². The minimum atomic E-state index is -0.0945. The van der Waals surface area contributed by atoms with E-state index in [1.54, 1.807) is 7.11 Å². The van der Waals surface area contributed by atoms with Crippen molar-refractivity contribution in [3.05, 3.63) is 0 Å². The third-order valence-electron chi connectivity index (χ3n) is 2.98. The van der Waals surface area contributed by atoms with E-state index < -0.39 is 0 Å². The summed E-state index contributed by atoms with van der Waals surface area (Å²) < 4.78 is 4.88. The second-order valence-corrected chi connectivity index (χ2v) is 5.08. The smallest absolute Gasteiger partial charge is 0.241 e. The van der Waals surface area contributed by atoms with E-state index >= 15 is 0 Å². The fraction of sp³-hybridized carbons (Fsp3) is 0.867. The Morgan fingerprint density at radius 2 is 1.95 bits per heavy atom. The Morgan fingerprint density at radius 3 is 2.55 bits per heavy atom. The Morgan fingerprint density at radius 1 is 1.23 bits per heavy atom. The van der Waals surface area contributed by atoms with Crippen LogP contribution in [0.4, 0.5) is 0 Å². The van der Waals surface area contributed by atoms with Crippen molar-refractivity contribution in [2.45, 2.75) is 52.5 Å². The lowest BCUT2D eigenvalue weighted by Crippen LogP contribution is -2.43. The largest absolute Gasteiger partial charge is 0.383 e. The van der Waals surface area contributed by atoms with E-state index in [1.165, 1.54) is 19.3 Å². The van der Waals surface area contributed by atoms with E-state index in [1.807, 2.05) is 6.92 Å². The van der Waals surface area contributed by atoms with E-state index in [4.69, 9.17) is 4.74 Å². The molecule has 0 rings (SSSR count). The molecule has 1 atom stereocenters. The van der Waals surface area contributed by atoms with Gasteiger partial charge in [-0.25, -0.2) is 4.99 Å². The number of carbonyl (C=O) groups excluding carboxylic acids is 1. The summed E-state index contributed by atoms with van der Waals surface area (Å²) in [6.07, 6.45) is 4.80. The highest BCUT2D eigenvalue weighted by atomic mass is 127. The number of rotatable bonds is 11. The lowest BCUT2D eigenvalue weighted by atomic mass is 10.1. The summed E-state index contributed by atoms with van der Waals surface area (Å²) in [6, 6.07) is 0.353. The predicted molar refractivity (Wildman–Crippen MR) is 103 cm³/mol. The number of hydrogen-bond acceptors (Lipinski definition) is 3. The zero-order chi connectivity index (χ0) is 15.9. The van der Waals surface area contributed by atoms with Crippen LogP contribution >= 0.6 is 24.0 Å². The number of nitrogens with zero attached hydrogens (tertiary/aromatic N) is 1. The van der Waals surface area contributed by atoms with E-state index in [2.05, 4.69) is 34.8 Å². The van der Waals surface area contributed by atoms with Crippen LogP contribution in [0.5, 0.6) is 0 Å². The van der Waals surface area contributed by atoms with Crippen molar-refractivity contribution >= 4 is 35.8 Å². The van der Waals surface area contributed by atoms with E-state index in [9.17, 15) is 4.79 Å². The minimum Gasteiger partial charge on any atom is -0.383 e. The first kappa shape index (κ1) is 23.7. The van der Waals surface area contributed by atoms with Crippen LogP contribution in [0, 0.1) is 0 Å². The number of ether oxygens (including phenoxy) is 1. The molecular formula is C15H33IN4O2. The lowest BCUT2D eigenvalue weighted by Gasteiger charge is -2.17. The monoisotopic (exact) mass is 428 g/mol. The number of methoxy groups -OCH3 is 1. The summed E-state index contributed by atoms with van der Waals surface area (Å²) in [4.78, 5) is 15.9. The Kier molecular flexibility index (Phi) is 18.1. The highest BCUT2D eigenvalue weighted by molar-refractivity contribution is 14.0. The van der Waals surface area contributed by atoms with Crippen LogP contribution in [0.3, 0.4) is 0 Å². The molecule has 0 aliphatic rings. The fourth-order valence-electron chi connectivity index (χ4n) is 1.83. The Labute approximate surface area is 152 Å². The molecule has 132 valence electrons. The highest BCUT2D eigenvalue weighted by Crippen LogP contribution is 2.02. The fourth-order valence-corrected chi connectivity index (χ4v) is 1.83. The number of nitrogens with one attached hydrogen (secondary N) is 3. The number of carbonyl (C=O) groups is 1. The van der Waals surface area contributed by atoms with Gasteiger partial charge in [0.25, 0.3) is 0 Å². The summed E-state index contributed by atoms with van der Waals surface area (Å²) in [6.45, 7) is 8.29. The van der Waals surface area contributed by atoms with Gasteiger partial charge < -0.3 is 20.7 Å². The van der Waals surface area contributed by atoms with Crippen LogP contribution in [-0.2, 0) is 9.53 Å². The van der Waals surface area contributed by atoms with Gasteiger partial charge in [0.15, 0.2) is 5.96 Å². The van der Waals surface area contributed by atoms with Gasteiger partial charge in [-0.2, -0.15) is 0 Å². The summed E-state index contributed by atoms with van der Waals surface area (Å²) in [5.41, 5.74) is 0. The molecule has 0 aromatic heterocycles. The minimum absolute atomic E-state index is 0. The number of halogens is 1. The number of guanidine groups is 1. The zero-order valence-electron chi connectivity index (χ0n) is 14.4. The molecule has 6 nitrogen and oxygen atoms in total. The molecule has 0 fully saturated rings. The van der Waals surface area contributed by atoms with Crippen molar-refractivity contribution in [3.63, 3.8) is 0 Å². The molecule has 1 amide bonds. The third kappa shape index (κ3) is 14.4. The molecule has 0 aromatic carbocycles. The van der Waals surface area contributed by atoms with E-state index in [0.29, 0.717) is 25.2 Å². The summed E-state index contributed by atoms with van der Waals surface area (Å²) in [7, 11) is 1.61. The Balaban J connectivity index is 0. The van der Waals surface area contributed by atoms with Gasteiger partial charge in [0.2, 0.25) is 5.91 Å². The molecule has 0 aliphatic heterocycles. The van der Waals surface area contributed by atoms with Crippen molar-refractivity contribution in [2.24, 2.45) is 4.99 Å². The topological polar surface area (TPSA) is 74.8 Å². The maximum atomic E-state index is 11.6. The molecule has 22 heavy (non-hydrogen) atoms. The molecule has 7 heteroatoms. The number of hydrogen-bond donors (Lipinski definition) is 3. The van der Waals surface area contributed by atoms with Gasteiger partial charge in [0.05, 0.1) is 6.61 Å². The van der Waals surface area contributed by atoms with Crippen LogP contribution in [0.2, 0.25) is 0 Å². The van der Waals surface area contributed by atoms with Crippen LogP contribution in [0.25, 0.3) is 0 Å². The first-order valence-electron chi connectivity index (χ1n) is 7.94. The van der Waals surface area contributed by atoms with Gasteiger partial charge in [0, 0.05) is 26.2 Å². The van der Waals surface area contributed by atoms with Crippen molar-refractivity contribution in [1.82, 2.24) is 16.0 Å². The number of unbranched alkanes of at least 4 members (excludes halogenated alkanes) is 2. The van der Waals surface area contributed by atoms with Gasteiger partial charge in [0.1, 0.15) is 6.54 Å². The van der Waals surface area contributed by atoms with Gasteiger partial charge in [-0.3, -0.25) is 4.79 Å². The van der Waals surface area contributed by atoms with E-state index in [-0.39, 0.29) is 36.4 Å². The molecule has 0 saturated carbocycles. The number of aliphatic imine (C=N–C) groups is 1. The van der Waals surface area contributed by atoms with Crippen LogP contribution in [0.1, 0.15) is 46.5 Å². The SMILES string of the molecule is CCCCCC(C)NC(=NCC(=O)NCCOC)NCC.I. The van der Waals surface area contributed by atoms with Crippen LogP contribution in [-0.4, -0.2) is 51.3 Å². The van der Waals surface area contributed by atoms with Gasteiger partial charge in [-0.05, 0) is 20.3 Å². The first-order valence-corrected chi connectivity index (χ1v) is 7.94. The standard InChI is InChI=1S/C15H32N4O2.HI/c1-5-7-8-9-13(3)19-15(16-6-2)18-12-14(20)17-10-11-21-4;/h13H,5-12H2,1-4H3,(H,17,20)(H2,16,18,19);1H. The quantitative estimate of drug-likeness (QED) is 0.203. The summed E-state index contributed by atoms with van der Waals surface area (Å²) in [5.74, 6) is 0.603. The molecule has 0 saturated heterocycles. The maximum Gasteiger partial charge on any atom is 0.241 e. The molecule has 0 radical (unpaired) electrons. The normalized spacial score (nSPS) is 12.3. The molecular weight excluding hydrogens is 395 g/mol. The molecule has 3 N–H and O–H groups in total. The average molecular weight is 428 g/mol. The number of amides is 1. The second kappa shape index (κ2) is 16.8. The first-order chi connectivity index (χ1) is 10.1. The van der Waals surface area contributed by atoms with Crippen molar-refractivity contribution in [3.8, 4) is 0 Å². The molecule has 0 heterocycles. The molecule has 1 unspecified atom stereocenters. The van der Waals surface area contributed by atoms with Crippen molar-refractivity contribution in [1.29, 1.82) is 0 Å². The maximum absolute atomic E-state index is 11.6. The summed E-state index contributed by atoms with van der Waals surface area (Å²) in [5, 5.41) is 9.24. The van der Waals surface area contributed by atoms with Crippen molar-refractivity contribution < 1.29 is 9.53 Å². The molecule has 0 aromatic rings. The predicted octanol–water partition coefficient (Wildman–Crippen LogP) is 1.89. The Bertz CT molecular complexity index is 301. The third-order valence-corrected chi connectivity index (χ3v) is 2.98. The zero-order valence-corrected chi connectivity index (χ0v) is 16.7. The molecule has 0 bridgehead atoms. The average Bonchev–Trinajstić information content (AvgIpc) is 2.45.